The lowest BCUT2D eigenvalue weighted by Gasteiger charge is -2.13. The standard InChI is InChI=1S/C23H24N4O4/c1-26-12-11-16-5-6-17(13-20(16)26)24-21(28)10-9-19-22(29)27(23(30)25-19)14-15-3-7-18(31-2)8-4-15/h3-8,11-13,19H,9-10,14H2,1-2H3,(H,24,28)(H,25,30). The summed E-state index contributed by atoms with van der Waals surface area (Å²) >= 11 is 0. The number of ether oxygens (including phenoxy) is 1. The number of hydrogen-bond acceptors (Lipinski definition) is 4. The van der Waals surface area contributed by atoms with Gasteiger partial charge in [0.05, 0.1) is 13.7 Å². The number of methoxy groups -OCH3 is 1. The van der Waals surface area contributed by atoms with Gasteiger partial charge in [0.2, 0.25) is 5.91 Å². The van der Waals surface area contributed by atoms with Crippen LogP contribution in [0, 0.1) is 0 Å². The van der Waals surface area contributed by atoms with Crippen LogP contribution >= 0.6 is 0 Å². The van der Waals surface area contributed by atoms with E-state index in [1.165, 1.54) is 4.90 Å². The molecule has 1 atom stereocenters. The molecule has 0 aliphatic carbocycles. The van der Waals surface area contributed by atoms with Gasteiger partial charge in [-0.2, -0.15) is 0 Å². The zero-order chi connectivity index (χ0) is 22.0. The summed E-state index contributed by atoms with van der Waals surface area (Å²) in [6, 6.07) is 13.7. The van der Waals surface area contributed by atoms with E-state index in [0.29, 0.717) is 11.4 Å². The van der Waals surface area contributed by atoms with Crippen molar-refractivity contribution >= 4 is 34.4 Å². The van der Waals surface area contributed by atoms with Crippen LogP contribution in [0.25, 0.3) is 10.9 Å². The normalized spacial score (nSPS) is 15.9. The molecule has 8 nitrogen and oxygen atoms in total. The Balaban J connectivity index is 1.32. The fraction of sp³-hybridized carbons (Fsp3) is 0.261. The zero-order valence-corrected chi connectivity index (χ0v) is 17.4. The minimum absolute atomic E-state index is 0.123. The lowest BCUT2D eigenvalue weighted by Crippen LogP contribution is -2.31. The minimum Gasteiger partial charge on any atom is -0.497 e. The molecule has 0 bridgehead atoms. The first-order valence-electron chi connectivity index (χ1n) is 10.0. The van der Waals surface area contributed by atoms with E-state index in [4.69, 9.17) is 4.74 Å². The highest BCUT2D eigenvalue weighted by molar-refractivity contribution is 6.04. The monoisotopic (exact) mass is 420 g/mol. The summed E-state index contributed by atoms with van der Waals surface area (Å²) < 4.78 is 7.10. The van der Waals surface area contributed by atoms with Gasteiger partial charge in [-0.3, -0.25) is 14.5 Å². The molecule has 1 unspecified atom stereocenters. The Morgan fingerprint density at radius 3 is 2.65 bits per heavy atom. The molecule has 0 radical (unpaired) electrons. The Morgan fingerprint density at radius 2 is 1.90 bits per heavy atom. The predicted octanol–water partition coefficient (Wildman–Crippen LogP) is 3.03. The largest absolute Gasteiger partial charge is 0.497 e. The van der Waals surface area contributed by atoms with Gasteiger partial charge in [0.25, 0.3) is 5.91 Å². The van der Waals surface area contributed by atoms with Gasteiger partial charge in [-0.15, -0.1) is 0 Å². The van der Waals surface area contributed by atoms with Gasteiger partial charge in [0, 0.05) is 30.9 Å². The molecule has 2 aromatic carbocycles. The lowest BCUT2D eigenvalue weighted by atomic mass is 10.1. The first kappa shape index (κ1) is 20.5. The van der Waals surface area contributed by atoms with Gasteiger partial charge in [-0.25, -0.2) is 4.79 Å². The van der Waals surface area contributed by atoms with Crippen LogP contribution in [-0.2, 0) is 23.2 Å². The van der Waals surface area contributed by atoms with Crippen molar-refractivity contribution in [3.05, 3.63) is 60.3 Å². The molecule has 0 spiro atoms. The van der Waals surface area contributed by atoms with Crippen molar-refractivity contribution in [2.45, 2.75) is 25.4 Å². The number of imide groups is 1. The van der Waals surface area contributed by atoms with Gasteiger partial charge in [-0.1, -0.05) is 18.2 Å². The van der Waals surface area contributed by atoms with Crippen LogP contribution in [-0.4, -0.2) is 40.5 Å². The number of carbonyl (C=O) groups excluding carboxylic acids is 3. The van der Waals surface area contributed by atoms with Gasteiger partial charge < -0.3 is 19.9 Å². The summed E-state index contributed by atoms with van der Waals surface area (Å²) in [5, 5.41) is 6.63. The van der Waals surface area contributed by atoms with E-state index in [2.05, 4.69) is 10.6 Å². The van der Waals surface area contributed by atoms with Crippen molar-refractivity contribution in [1.29, 1.82) is 0 Å². The van der Waals surface area contributed by atoms with Crippen LogP contribution in [0.1, 0.15) is 18.4 Å². The number of benzene rings is 2. The fourth-order valence-corrected chi connectivity index (χ4v) is 3.67. The van der Waals surface area contributed by atoms with E-state index in [9.17, 15) is 14.4 Å². The van der Waals surface area contributed by atoms with Gasteiger partial charge in [0.15, 0.2) is 0 Å². The van der Waals surface area contributed by atoms with E-state index in [1.54, 1.807) is 19.2 Å². The number of hydrogen-bond donors (Lipinski definition) is 2. The van der Waals surface area contributed by atoms with Crippen LogP contribution in [0.15, 0.2) is 54.7 Å². The quantitative estimate of drug-likeness (QED) is 0.575. The molecule has 1 aliphatic heterocycles. The first-order valence-corrected chi connectivity index (χ1v) is 10.0. The van der Waals surface area contributed by atoms with Crippen LogP contribution in [0.3, 0.4) is 0 Å². The van der Waals surface area contributed by atoms with Crippen molar-refractivity contribution in [3.8, 4) is 5.75 Å². The molecule has 4 amide bonds. The number of rotatable bonds is 7. The minimum atomic E-state index is -0.702. The second kappa shape index (κ2) is 8.51. The number of amides is 4. The van der Waals surface area contributed by atoms with Gasteiger partial charge in [-0.05, 0) is 47.7 Å². The highest BCUT2D eigenvalue weighted by Crippen LogP contribution is 2.21. The molecule has 1 aliphatic rings. The number of nitrogens with zero attached hydrogens (tertiary/aromatic N) is 2. The molecule has 8 heteroatoms. The number of fused-ring (bicyclic) bond motifs is 1. The average Bonchev–Trinajstić information content (AvgIpc) is 3.27. The molecule has 4 rings (SSSR count). The second-order valence-corrected chi connectivity index (χ2v) is 7.56. The molecule has 1 aromatic heterocycles. The van der Waals surface area contributed by atoms with Crippen LogP contribution < -0.4 is 15.4 Å². The number of aryl methyl sites for hydroxylation is 1. The fourth-order valence-electron chi connectivity index (χ4n) is 3.67. The summed E-state index contributed by atoms with van der Waals surface area (Å²) in [7, 11) is 3.52. The summed E-state index contributed by atoms with van der Waals surface area (Å²) in [6.07, 6.45) is 2.32. The molecule has 1 saturated heterocycles. The third kappa shape index (κ3) is 4.37. The van der Waals surface area contributed by atoms with Crippen molar-refractivity contribution in [3.63, 3.8) is 0 Å². The molecular weight excluding hydrogens is 396 g/mol. The molecule has 31 heavy (non-hydrogen) atoms. The summed E-state index contributed by atoms with van der Waals surface area (Å²) in [5.41, 5.74) is 2.53. The van der Waals surface area contributed by atoms with E-state index >= 15 is 0 Å². The van der Waals surface area contributed by atoms with Crippen molar-refractivity contribution in [2.75, 3.05) is 12.4 Å². The highest BCUT2D eigenvalue weighted by atomic mass is 16.5. The number of urea groups is 1. The van der Waals surface area contributed by atoms with Crippen LogP contribution in [0.4, 0.5) is 10.5 Å². The summed E-state index contributed by atoms with van der Waals surface area (Å²) in [5.74, 6) is 0.180. The van der Waals surface area contributed by atoms with E-state index in [-0.39, 0.29) is 31.2 Å². The number of carbonyl (C=O) groups is 3. The van der Waals surface area contributed by atoms with Crippen molar-refractivity contribution < 1.29 is 19.1 Å². The molecule has 160 valence electrons. The summed E-state index contributed by atoms with van der Waals surface area (Å²) in [4.78, 5) is 38.5. The Bertz CT molecular complexity index is 1140. The maximum atomic E-state index is 12.7. The third-order valence-corrected chi connectivity index (χ3v) is 5.44. The molecule has 2 heterocycles. The topological polar surface area (TPSA) is 92.7 Å². The van der Waals surface area contributed by atoms with Crippen LogP contribution in [0.5, 0.6) is 5.75 Å². The van der Waals surface area contributed by atoms with E-state index in [0.717, 1.165) is 16.5 Å². The van der Waals surface area contributed by atoms with Gasteiger partial charge in [0.1, 0.15) is 11.8 Å². The summed E-state index contributed by atoms with van der Waals surface area (Å²) in [6.45, 7) is 0.175. The Hall–Kier alpha value is -3.81. The number of nitrogens with one attached hydrogen (secondary N) is 2. The molecule has 1 fully saturated rings. The maximum Gasteiger partial charge on any atom is 0.325 e. The third-order valence-electron chi connectivity index (χ3n) is 5.44. The molecular formula is C23H24N4O4. The predicted molar refractivity (Wildman–Crippen MR) is 117 cm³/mol. The average molecular weight is 420 g/mol. The number of aromatic nitrogens is 1. The zero-order valence-electron chi connectivity index (χ0n) is 17.4. The number of anilines is 1. The Labute approximate surface area is 179 Å². The smallest absolute Gasteiger partial charge is 0.325 e. The SMILES string of the molecule is COc1ccc(CN2C(=O)NC(CCC(=O)Nc3ccc4ccn(C)c4c3)C2=O)cc1. The van der Waals surface area contributed by atoms with Crippen LogP contribution in [0.2, 0.25) is 0 Å². The van der Waals surface area contributed by atoms with Gasteiger partial charge >= 0.3 is 6.03 Å². The van der Waals surface area contributed by atoms with Crippen molar-refractivity contribution in [2.24, 2.45) is 7.05 Å². The van der Waals surface area contributed by atoms with Crippen molar-refractivity contribution in [1.82, 2.24) is 14.8 Å². The van der Waals surface area contributed by atoms with E-state index in [1.807, 2.05) is 54.2 Å². The molecule has 3 aromatic rings. The highest BCUT2D eigenvalue weighted by Gasteiger charge is 2.37. The molecule has 0 saturated carbocycles. The first-order chi connectivity index (χ1) is 14.9. The lowest BCUT2D eigenvalue weighted by molar-refractivity contribution is -0.128. The Morgan fingerprint density at radius 1 is 1.13 bits per heavy atom. The van der Waals surface area contributed by atoms with E-state index < -0.39 is 12.1 Å². The maximum absolute atomic E-state index is 12.7. The molecule has 2 N–H and O–H groups in total. The Kier molecular flexibility index (Phi) is 5.62. The second-order valence-electron chi connectivity index (χ2n) is 7.56.